The monoisotopic (exact) mass is 363 g/mol. The van der Waals surface area contributed by atoms with Crippen molar-refractivity contribution in [2.75, 3.05) is 19.5 Å². The van der Waals surface area contributed by atoms with Gasteiger partial charge >= 0.3 is 0 Å². The molecule has 0 saturated heterocycles. The van der Waals surface area contributed by atoms with Crippen LogP contribution in [0.1, 0.15) is 18.1 Å². The van der Waals surface area contributed by atoms with E-state index in [1.807, 2.05) is 32.0 Å². The van der Waals surface area contributed by atoms with Crippen molar-refractivity contribution in [1.29, 1.82) is 0 Å². The second-order valence-corrected chi connectivity index (χ2v) is 6.11. The lowest BCUT2D eigenvalue weighted by atomic mass is 10.1. The first-order chi connectivity index (χ1) is 11.8. The van der Waals surface area contributed by atoms with Crippen LogP contribution in [-0.4, -0.2) is 26.2 Å². The van der Waals surface area contributed by atoms with Crippen molar-refractivity contribution in [2.24, 2.45) is 0 Å². The number of amides is 1. The van der Waals surface area contributed by atoms with E-state index in [2.05, 4.69) is 5.32 Å². The van der Waals surface area contributed by atoms with Crippen LogP contribution < -0.4 is 19.5 Å². The number of nitrogens with one attached hydrogen (secondary N) is 1. The van der Waals surface area contributed by atoms with Gasteiger partial charge in [0.2, 0.25) is 0 Å². The van der Waals surface area contributed by atoms with Crippen LogP contribution in [0.2, 0.25) is 5.02 Å². The van der Waals surface area contributed by atoms with Gasteiger partial charge < -0.3 is 19.5 Å². The van der Waals surface area contributed by atoms with Crippen molar-refractivity contribution in [3.8, 4) is 17.2 Å². The van der Waals surface area contributed by atoms with E-state index in [0.717, 1.165) is 11.1 Å². The Kier molecular flexibility index (Phi) is 6.15. The van der Waals surface area contributed by atoms with Crippen LogP contribution in [0.3, 0.4) is 0 Å². The smallest absolute Gasteiger partial charge is 0.265 e. The maximum Gasteiger partial charge on any atom is 0.265 e. The summed E-state index contributed by atoms with van der Waals surface area (Å²) in [5, 5.41) is 3.19. The molecule has 6 heteroatoms. The second kappa shape index (κ2) is 8.12. The molecule has 0 spiro atoms. The minimum Gasteiger partial charge on any atom is -0.495 e. The molecule has 2 aromatic carbocycles. The van der Waals surface area contributed by atoms with Crippen LogP contribution in [0.4, 0.5) is 5.69 Å². The minimum atomic E-state index is -0.687. The lowest BCUT2D eigenvalue weighted by Gasteiger charge is -2.18. The quantitative estimate of drug-likeness (QED) is 0.827. The van der Waals surface area contributed by atoms with Crippen LogP contribution in [0, 0.1) is 13.8 Å². The molecule has 0 fully saturated rings. The van der Waals surface area contributed by atoms with Crippen LogP contribution in [-0.2, 0) is 4.79 Å². The van der Waals surface area contributed by atoms with E-state index in [1.54, 1.807) is 19.1 Å². The fourth-order valence-electron chi connectivity index (χ4n) is 2.37. The van der Waals surface area contributed by atoms with Crippen molar-refractivity contribution in [1.82, 2.24) is 0 Å². The predicted octanol–water partition coefficient (Wildman–Crippen LogP) is 4.38. The molecular weight excluding hydrogens is 342 g/mol. The van der Waals surface area contributed by atoms with Gasteiger partial charge in [-0.15, -0.1) is 0 Å². The summed E-state index contributed by atoms with van der Waals surface area (Å²) < 4.78 is 16.2. The van der Waals surface area contributed by atoms with E-state index in [0.29, 0.717) is 28.0 Å². The van der Waals surface area contributed by atoms with Gasteiger partial charge in [0.05, 0.1) is 24.9 Å². The summed E-state index contributed by atoms with van der Waals surface area (Å²) in [6.07, 6.45) is -0.687. The van der Waals surface area contributed by atoms with Gasteiger partial charge in [-0.2, -0.15) is 0 Å². The van der Waals surface area contributed by atoms with E-state index in [-0.39, 0.29) is 5.91 Å². The molecule has 0 bridgehead atoms. The Balaban J connectivity index is 2.15. The summed E-state index contributed by atoms with van der Waals surface area (Å²) in [5.41, 5.74) is 2.58. The molecule has 0 radical (unpaired) electrons. The SMILES string of the molecule is COc1cc(NC(=O)C(C)Oc2ccc(C)cc2C)c(OC)cc1Cl. The molecule has 1 amide bonds. The Labute approximate surface area is 152 Å². The zero-order valence-electron chi connectivity index (χ0n) is 15.0. The first kappa shape index (κ1) is 18.9. The number of hydrogen-bond acceptors (Lipinski definition) is 4. The molecule has 1 unspecified atom stereocenters. The van der Waals surface area contributed by atoms with Crippen LogP contribution in [0.15, 0.2) is 30.3 Å². The number of aryl methyl sites for hydroxylation is 2. The van der Waals surface area contributed by atoms with Crippen LogP contribution >= 0.6 is 11.6 Å². The lowest BCUT2D eigenvalue weighted by Crippen LogP contribution is -2.30. The Bertz CT molecular complexity index is 776. The lowest BCUT2D eigenvalue weighted by molar-refractivity contribution is -0.122. The third-order valence-electron chi connectivity index (χ3n) is 3.74. The van der Waals surface area contributed by atoms with E-state index < -0.39 is 6.10 Å². The molecule has 0 aliphatic rings. The Hall–Kier alpha value is -2.40. The van der Waals surface area contributed by atoms with Crippen molar-refractivity contribution in [2.45, 2.75) is 26.9 Å². The third kappa shape index (κ3) is 4.57. The summed E-state index contributed by atoms with van der Waals surface area (Å²) in [5.74, 6) is 1.26. The first-order valence-electron chi connectivity index (χ1n) is 7.82. The molecular formula is C19H22ClNO4. The van der Waals surface area contributed by atoms with Crippen LogP contribution in [0.5, 0.6) is 17.2 Å². The van der Waals surface area contributed by atoms with Crippen molar-refractivity contribution < 1.29 is 19.0 Å². The van der Waals surface area contributed by atoms with Gasteiger partial charge in [0.1, 0.15) is 17.2 Å². The van der Waals surface area contributed by atoms with E-state index in [9.17, 15) is 4.79 Å². The van der Waals surface area contributed by atoms with Gasteiger partial charge in [-0.05, 0) is 32.4 Å². The number of benzene rings is 2. The number of carbonyl (C=O) groups excluding carboxylic acids is 1. The number of ether oxygens (including phenoxy) is 3. The number of hydrogen-bond donors (Lipinski definition) is 1. The average molecular weight is 364 g/mol. The zero-order valence-corrected chi connectivity index (χ0v) is 15.7. The van der Waals surface area contributed by atoms with E-state index >= 15 is 0 Å². The van der Waals surface area contributed by atoms with E-state index in [4.69, 9.17) is 25.8 Å². The molecule has 2 aromatic rings. The number of rotatable bonds is 6. The standard InChI is InChI=1S/C19H22ClNO4/c1-11-6-7-16(12(2)8-11)25-13(3)19(22)21-15-10-17(23-4)14(20)9-18(15)24-5/h6-10,13H,1-5H3,(H,21,22). The van der Waals surface area contributed by atoms with Gasteiger partial charge in [-0.1, -0.05) is 29.3 Å². The molecule has 1 N–H and O–H groups in total. The number of carbonyl (C=O) groups is 1. The highest BCUT2D eigenvalue weighted by Gasteiger charge is 2.19. The highest BCUT2D eigenvalue weighted by atomic mass is 35.5. The van der Waals surface area contributed by atoms with Gasteiger partial charge in [0.25, 0.3) is 5.91 Å². The summed E-state index contributed by atoms with van der Waals surface area (Å²) >= 11 is 6.07. The number of methoxy groups -OCH3 is 2. The Morgan fingerprint density at radius 1 is 1.04 bits per heavy atom. The molecule has 1 atom stereocenters. The molecule has 134 valence electrons. The maximum atomic E-state index is 12.5. The van der Waals surface area contributed by atoms with Gasteiger partial charge in [-0.3, -0.25) is 4.79 Å². The largest absolute Gasteiger partial charge is 0.495 e. The van der Waals surface area contributed by atoms with Gasteiger partial charge in [0.15, 0.2) is 6.10 Å². The first-order valence-corrected chi connectivity index (χ1v) is 8.19. The molecule has 0 saturated carbocycles. The molecule has 0 aliphatic heterocycles. The van der Waals surface area contributed by atoms with Crippen LogP contribution in [0.25, 0.3) is 0 Å². The third-order valence-corrected chi connectivity index (χ3v) is 4.03. The van der Waals surface area contributed by atoms with E-state index in [1.165, 1.54) is 14.2 Å². The topological polar surface area (TPSA) is 56.8 Å². The number of anilines is 1. The fraction of sp³-hybridized carbons (Fsp3) is 0.316. The predicted molar refractivity (Wildman–Crippen MR) is 99.2 cm³/mol. The van der Waals surface area contributed by atoms with Crippen molar-refractivity contribution >= 4 is 23.2 Å². The van der Waals surface area contributed by atoms with Gasteiger partial charge in [0, 0.05) is 12.1 Å². The molecule has 0 aliphatic carbocycles. The summed E-state index contributed by atoms with van der Waals surface area (Å²) in [6.45, 7) is 5.64. The normalized spacial score (nSPS) is 11.6. The molecule has 5 nitrogen and oxygen atoms in total. The average Bonchev–Trinajstić information content (AvgIpc) is 2.58. The summed E-state index contributed by atoms with van der Waals surface area (Å²) in [6, 6.07) is 9.02. The maximum absolute atomic E-state index is 12.5. The molecule has 2 rings (SSSR count). The Morgan fingerprint density at radius 2 is 1.72 bits per heavy atom. The summed E-state index contributed by atoms with van der Waals surface area (Å²) in [4.78, 5) is 12.5. The fourth-order valence-corrected chi connectivity index (χ4v) is 2.60. The highest BCUT2D eigenvalue weighted by molar-refractivity contribution is 6.32. The van der Waals surface area contributed by atoms with Crippen molar-refractivity contribution in [3.63, 3.8) is 0 Å². The van der Waals surface area contributed by atoms with Crippen molar-refractivity contribution in [3.05, 3.63) is 46.5 Å². The second-order valence-electron chi connectivity index (χ2n) is 5.71. The molecule has 0 heterocycles. The summed E-state index contributed by atoms with van der Waals surface area (Å²) in [7, 11) is 3.01. The minimum absolute atomic E-state index is 0.303. The molecule has 0 aromatic heterocycles. The highest BCUT2D eigenvalue weighted by Crippen LogP contribution is 2.36. The Morgan fingerprint density at radius 3 is 2.32 bits per heavy atom. The number of halogens is 1. The molecule has 25 heavy (non-hydrogen) atoms. The van der Waals surface area contributed by atoms with Gasteiger partial charge in [-0.25, -0.2) is 0 Å². The zero-order chi connectivity index (χ0) is 18.6.